The molecule has 2 rings (SSSR count). The molecule has 1 heterocycles. The van der Waals surface area contributed by atoms with Crippen molar-refractivity contribution in [2.45, 2.75) is 18.7 Å². The molecular formula is C14H13ClFN3O3S. The van der Waals surface area contributed by atoms with Crippen LogP contribution in [-0.4, -0.2) is 19.3 Å². The molecule has 0 aliphatic heterocycles. The maximum Gasteiger partial charge on any atom is 0.267 e. The van der Waals surface area contributed by atoms with Gasteiger partial charge in [0.25, 0.3) is 10.0 Å². The zero-order valence-corrected chi connectivity index (χ0v) is 13.8. The summed E-state index contributed by atoms with van der Waals surface area (Å²) in [4.78, 5) is 14.0. The number of pyridine rings is 1. The van der Waals surface area contributed by atoms with Crippen molar-refractivity contribution in [1.82, 2.24) is 4.98 Å². The van der Waals surface area contributed by atoms with Crippen LogP contribution >= 0.6 is 11.6 Å². The van der Waals surface area contributed by atoms with Crippen LogP contribution < -0.4 is 10.0 Å². The van der Waals surface area contributed by atoms with Gasteiger partial charge in [-0.1, -0.05) is 17.7 Å². The quantitative estimate of drug-likeness (QED) is 0.823. The summed E-state index contributed by atoms with van der Waals surface area (Å²) in [7, 11) is -4.26. The van der Waals surface area contributed by atoms with Gasteiger partial charge in [0.05, 0.1) is 5.69 Å². The van der Waals surface area contributed by atoms with E-state index in [-0.39, 0.29) is 11.6 Å². The number of hydrogen-bond acceptors (Lipinski definition) is 4. The monoisotopic (exact) mass is 357 g/mol. The molecule has 122 valence electrons. The molecule has 1 aromatic carbocycles. The molecule has 0 saturated heterocycles. The van der Waals surface area contributed by atoms with Crippen molar-refractivity contribution in [2.75, 3.05) is 10.0 Å². The number of benzene rings is 1. The maximum atomic E-state index is 13.8. The number of carbonyl (C=O) groups excluding carboxylic acids is 1. The third-order valence-corrected chi connectivity index (χ3v) is 4.71. The molecule has 0 atom stereocenters. The first-order valence-electron chi connectivity index (χ1n) is 6.42. The van der Waals surface area contributed by atoms with Gasteiger partial charge in [0.1, 0.15) is 5.82 Å². The highest BCUT2D eigenvalue weighted by Crippen LogP contribution is 2.26. The van der Waals surface area contributed by atoms with Gasteiger partial charge in [-0.15, -0.1) is 0 Å². The average molecular weight is 358 g/mol. The highest BCUT2D eigenvalue weighted by molar-refractivity contribution is 7.92. The molecule has 23 heavy (non-hydrogen) atoms. The lowest BCUT2D eigenvalue weighted by Crippen LogP contribution is -2.16. The van der Waals surface area contributed by atoms with E-state index in [9.17, 15) is 17.6 Å². The first-order chi connectivity index (χ1) is 10.7. The zero-order chi connectivity index (χ0) is 17.2. The summed E-state index contributed by atoms with van der Waals surface area (Å²) in [6.07, 6.45) is 1.07. The minimum absolute atomic E-state index is 0.152. The number of nitrogens with zero attached hydrogens (tertiary/aromatic N) is 1. The molecule has 0 unspecified atom stereocenters. The van der Waals surface area contributed by atoms with Crippen LogP contribution in [-0.2, 0) is 14.8 Å². The Labute approximate surface area is 137 Å². The summed E-state index contributed by atoms with van der Waals surface area (Å²) in [5.41, 5.74) is 1.34. The Morgan fingerprint density at radius 2 is 2.00 bits per heavy atom. The summed E-state index contributed by atoms with van der Waals surface area (Å²) in [5, 5.41) is 2.11. The predicted octanol–water partition coefficient (Wildman–Crippen LogP) is 2.94. The van der Waals surface area contributed by atoms with Crippen LogP contribution in [0.25, 0.3) is 0 Å². The number of halogens is 2. The topological polar surface area (TPSA) is 88.2 Å². The van der Waals surface area contributed by atoms with E-state index in [4.69, 9.17) is 11.6 Å². The number of hydrogen-bond donors (Lipinski definition) is 2. The van der Waals surface area contributed by atoms with Gasteiger partial charge in [0.2, 0.25) is 5.91 Å². The van der Waals surface area contributed by atoms with Crippen LogP contribution in [0.5, 0.6) is 0 Å². The lowest BCUT2D eigenvalue weighted by atomic mass is 10.2. The van der Waals surface area contributed by atoms with Gasteiger partial charge in [-0.25, -0.2) is 17.8 Å². The van der Waals surface area contributed by atoms with Crippen LogP contribution in [0.3, 0.4) is 0 Å². The summed E-state index contributed by atoms with van der Waals surface area (Å²) in [6.45, 7) is 3.09. The van der Waals surface area contributed by atoms with Gasteiger partial charge in [-0.3, -0.25) is 9.52 Å². The summed E-state index contributed by atoms with van der Waals surface area (Å²) in [5.74, 6) is -1.30. The molecule has 0 fully saturated rings. The molecule has 0 radical (unpaired) electrons. The Morgan fingerprint density at radius 1 is 1.30 bits per heavy atom. The number of aryl methyl sites for hydroxylation is 1. The Bertz CT molecular complexity index is 851. The number of amides is 1. The number of sulfonamides is 1. The Kier molecular flexibility index (Phi) is 4.86. The van der Waals surface area contributed by atoms with Gasteiger partial charge < -0.3 is 5.32 Å². The van der Waals surface area contributed by atoms with Gasteiger partial charge in [-0.2, -0.15) is 0 Å². The van der Waals surface area contributed by atoms with Crippen molar-refractivity contribution in [2.24, 2.45) is 0 Å². The number of aromatic nitrogens is 1. The molecule has 2 aromatic rings. The SMILES string of the molecule is CC(=O)Nc1cc(NS(=O)(=O)c2c(F)ccnc2Cl)ccc1C. The van der Waals surface area contributed by atoms with Crippen LogP contribution in [0.4, 0.5) is 15.8 Å². The molecule has 0 saturated carbocycles. The van der Waals surface area contributed by atoms with E-state index in [1.54, 1.807) is 13.0 Å². The molecule has 1 amide bonds. The minimum atomic E-state index is -4.26. The van der Waals surface area contributed by atoms with Crippen LogP contribution in [0.15, 0.2) is 35.4 Å². The van der Waals surface area contributed by atoms with E-state index in [0.717, 1.165) is 17.8 Å². The van der Waals surface area contributed by atoms with Crippen LogP contribution in [0.2, 0.25) is 5.15 Å². The highest BCUT2D eigenvalue weighted by atomic mass is 35.5. The normalized spacial score (nSPS) is 11.1. The van der Waals surface area contributed by atoms with Gasteiger partial charge in [-0.05, 0) is 30.7 Å². The first-order valence-corrected chi connectivity index (χ1v) is 8.28. The number of rotatable bonds is 4. The molecule has 0 aliphatic rings. The second-order valence-electron chi connectivity index (χ2n) is 4.73. The third kappa shape index (κ3) is 3.96. The van der Waals surface area contributed by atoms with Crippen LogP contribution in [0.1, 0.15) is 12.5 Å². The van der Waals surface area contributed by atoms with E-state index in [0.29, 0.717) is 5.69 Å². The summed E-state index contributed by atoms with van der Waals surface area (Å²) in [6, 6.07) is 5.43. The first kappa shape index (κ1) is 17.2. The molecular weight excluding hydrogens is 345 g/mol. The molecule has 0 bridgehead atoms. The second kappa shape index (κ2) is 6.51. The Balaban J connectivity index is 2.40. The fourth-order valence-electron chi connectivity index (χ4n) is 1.86. The molecule has 9 heteroatoms. The minimum Gasteiger partial charge on any atom is -0.326 e. The lowest BCUT2D eigenvalue weighted by molar-refractivity contribution is -0.114. The van der Waals surface area contributed by atoms with Crippen LogP contribution in [0, 0.1) is 12.7 Å². The second-order valence-corrected chi connectivity index (χ2v) is 6.71. The highest BCUT2D eigenvalue weighted by Gasteiger charge is 2.24. The number of anilines is 2. The molecule has 2 N–H and O–H groups in total. The molecule has 0 spiro atoms. The Hall–Kier alpha value is -2.19. The lowest BCUT2D eigenvalue weighted by Gasteiger charge is -2.12. The summed E-state index contributed by atoms with van der Waals surface area (Å²) < 4.78 is 40.6. The fraction of sp³-hybridized carbons (Fsp3) is 0.143. The van der Waals surface area contributed by atoms with E-state index >= 15 is 0 Å². The maximum absolute atomic E-state index is 13.8. The van der Waals surface area contributed by atoms with E-state index in [2.05, 4.69) is 15.0 Å². The number of carbonyl (C=O) groups is 1. The number of nitrogens with one attached hydrogen (secondary N) is 2. The van der Waals surface area contributed by atoms with Crippen molar-refractivity contribution in [3.8, 4) is 0 Å². The summed E-state index contributed by atoms with van der Waals surface area (Å²) >= 11 is 5.68. The van der Waals surface area contributed by atoms with Crippen molar-refractivity contribution in [3.63, 3.8) is 0 Å². The van der Waals surface area contributed by atoms with Gasteiger partial charge in [0.15, 0.2) is 10.0 Å². The average Bonchev–Trinajstić information content (AvgIpc) is 2.41. The van der Waals surface area contributed by atoms with E-state index in [1.165, 1.54) is 19.1 Å². The standard InChI is InChI=1S/C14H13ClFN3O3S/c1-8-3-4-10(7-12(8)18-9(2)20)19-23(21,22)13-11(16)5-6-17-14(13)15/h3-7,19H,1-2H3,(H,18,20). The predicted molar refractivity (Wildman–Crippen MR) is 85.5 cm³/mol. The molecule has 0 aliphatic carbocycles. The van der Waals surface area contributed by atoms with E-state index < -0.39 is 25.9 Å². The van der Waals surface area contributed by atoms with Crippen molar-refractivity contribution < 1.29 is 17.6 Å². The van der Waals surface area contributed by atoms with Gasteiger partial charge >= 0.3 is 0 Å². The molecule has 6 nitrogen and oxygen atoms in total. The zero-order valence-electron chi connectivity index (χ0n) is 12.2. The van der Waals surface area contributed by atoms with Crippen molar-refractivity contribution >= 4 is 38.9 Å². The molecule has 1 aromatic heterocycles. The fourth-order valence-corrected chi connectivity index (χ4v) is 3.45. The Morgan fingerprint density at radius 3 is 2.61 bits per heavy atom. The van der Waals surface area contributed by atoms with Crippen molar-refractivity contribution in [1.29, 1.82) is 0 Å². The van der Waals surface area contributed by atoms with Gasteiger partial charge in [0, 0.05) is 18.8 Å². The largest absolute Gasteiger partial charge is 0.326 e. The van der Waals surface area contributed by atoms with Crippen molar-refractivity contribution in [3.05, 3.63) is 47.0 Å². The van der Waals surface area contributed by atoms with E-state index in [1.807, 2.05) is 0 Å². The smallest absolute Gasteiger partial charge is 0.267 e. The third-order valence-electron chi connectivity index (χ3n) is 2.88.